The zero-order valence-corrected chi connectivity index (χ0v) is 20.8. The molecule has 1 aliphatic carbocycles. The standard InChI is InChI=1S/C23H27ClFNO6S/c1-12(2)32-23(30)16-9-7-6-8-15(16)21(28)26(14(4)27)19-11-20(17(24)10-18(19)25)33-13(3)22(29)31-5/h10-13H,6-9H2,1-5H3. The molecule has 0 heterocycles. The van der Waals surface area contributed by atoms with Crippen LogP contribution in [0.4, 0.5) is 10.1 Å². The third-order valence-electron chi connectivity index (χ3n) is 4.91. The molecule has 1 unspecified atom stereocenters. The maximum Gasteiger partial charge on any atom is 0.334 e. The van der Waals surface area contributed by atoms with E-state index < -0.39 is 34.8 Å². The topological polar surface area (TPSA) is 90.0 Å². The quantitative estimate of drug-likeness (QED) is 0.392. The highest BCUT2D eigenvalue weighted by Gasteiger charge is 2.33. The molecule has 0 radical (unpaired) electrons. The summed E-state index contributed by atoms with van der Waals surface area (Å²) >= 11 is 7.15. The maximum atomic E-state index is 14.9. The summed E-state index contributed by atoms with van der Waals surface area (Å²) in [5.74, 6) is -3.52. The van der Waals surface area contributed by atoms with E-state index >= 15 is 0 Å². The number of ether oxygens (including phenoxy) is 2. The van der Waals surface area contributed by atoms with E-state index in [9.17, 15) is 23.6 Å². The van der Waals surface area contributed by atoms with Crippen LogP contribution in [0.15, 0.2) is 28.2 Å². The number of benzene rings is 1. The van der Waals surface area contributed by atoms with Crippen LogP contribution in [-0.2, 0) is 28.7 Å². The molecule has 2 rings (SSSR count). The highest BCUT2D eigenvalue weighted by Crippen LogP contribution is 2.37. The molecule has 0 N–H and O–H groups in total. The number of rotatable bonds is 7. The Bertz CT molecular complexity index is 993. The van der Waals surface area contributed by atoms with Gasteiger partial charge in [0, 0.05) is 23.0 Å². The number of methoxy groups -OCH3 is 1. The fourth-order valence-corrected chi connectivity index (χ4v) is 4.60. The molecule has 0 fully saturated rings. The molecule has 0 saturated carbocycles. The van der Waals surface area contributed by atoms with E-state index in [1.807, 2.05) is 0 Å². The predicted octanol–water partition coefficient (Wildman–Crippen LogP) is 4.83. The first-order valence-corrected chi connectivity index (χ1v) is 11.7. The minimum Gasteiger partial charge on any atom is -0.468 e. The Morgan fingerprint density at radius 3 is 2.24 bits per heavy atom. The molecular formula is C23H27ClFNO6S. The van der Waals surface area contributed by atoms with Crippen molar-refractivity contribution in [1.82, 2.24) is 0 Å². The van der Waals surface area contributed by atoms with Crippen molar-refractivity contribution in [2.45, 2.75) is 69.6 Å². The van der Waals surface area contributed by atoms with Crippen LogP contribution in [0.25, 0.3) is 0 Å². The van der Waals surface area contributed by atoms with Crippen molar-refractivity contribution >= 4 is 52.8 Å². The number of esters is 2. The van der Waals surface area contributed by atoms with Crippen molar-refractivity contribution in [3.63, 3.8) is 0 Å². The highest BCUT2D eigenvalue weighted by molar-refractivity contribution is 8.00. The Morgan fingerprint density at radius 2 is 1.70 bits per heavy atom. The molecule has 2 amide bonds. The van der Waals surface area contributed by atoms with Gasteiger partial charge in [-0.25, -0.2) is 14.1 Å². The molecule has 10 heteroatoms. The molecule has 1 aliphatic rings. The molecule has 0 bridgehead atoms. The number of carbonyl (C=O) groups excluding carboxylic acids is 4. The van der Waals surface area contributed by atoms with Crippen molar-refractivity contribution in [2.75, 3.05) is 12.0 Å². The minimum absolute atomic E-state index is 0.0195. The second-order valence-electron chi connectivity index (χ2n) is 7.80. The van der Waals surface area contributed by atoms with Crippen LogP contribution in [0.2, 0.25) is 5.02 Å². The lowest BCUT2D eigenvalue weighted by Gasteiger charge is -2.26. The first kappa shape index (κ1) is 26.9. The molecule has 0 aromatic heterocycles. The van der Waals surface area contributed by atoms with Gasteiger partial charge in [0.05, 0.1) is 23.9 Å². The number of imide groups is 1. The summed E-state index contributed by atoms with van der Waals surface area (Å²) in [4.78, 5) is 51.2. The van der Waals surface area contributed by atoms with Gasteiger partial charge in [-0.2, -0.15) is 0 Å². The Kier molecular flexibility index (Phi) is 9.48. The van der Waals surface area contributed by atoms with Crippen LogP contribution in [0, 0.1) is 5.82 Å². The maximum absolute atomic E-state index is 14.9. The van der Waals surface area contributed by atoms with Gasteiger partial charge < -0.3 is 9.47 Å². The zero-order valence-electron chi connectivity index (χ0n) is 19.2. The summed E-state index contributed by atoms with van der Waals surface area (Å²) < 4.78 is 24.9. The molecule has 1 atom stereocenters. The average Bonchev–Trinajstić information content (AvgIpc) is 2.75. The Balaban J connectivity index is 2.53. The van der Waals surface area contributed by atoms with E-state index in [0.717, 1.165) is 24.8 Å². The van der Waals surface area contributed by atoms with Crippen LogP contribution in [0.5, 0.6) is 0 Å². The molecule has 0 saturated heterocycles. The lowest BCUT2D eigenvalue weighted by Crippen LogP contribution is -2.38. The molecular weight excluding hydrogens is 473 g/mol. The summed E-state index contributed by atoms with van der Waals surface area (Å²) in [7, 11) is 1.24. The van der Waals surface area contributed by atoms with Crippen molar-refractivity contribution < 1.29 is 33.0 Å². The third-order valence-corrected chi connectivity index (χ3v) is 6.47. The monoisotopic (exact) mass is 499 g/mol. The normalized spacial score (nSPS) is 14.7. The smallest absolute Gasteiger partial charge is 0.334 e. The van der Waals surface area contributed by atoms with Crippen LogP contribution < -0.4 is 4.90 Å². The van der Waals surface area contributed by atoms with Crippen molar-refractivity contribution in [3.8, 4) is 0 Å². The molecule has 180 valence electrons. The van der Waals surface area contributed by atoms with E-state index in [0.29, 0.717) is 29.1 Å². The van der Waals surface area contributed by atoms with Gasteiger partial charge in [-0.05, 0) is 58.6 Å². The van der Waals surface area contributed by atoms with Gasteiger partial charge in [-0.3, -0.25) is 14.4 Å². The summed E-state index contributed by atoms with van der Waals surface area (Å²) in [5.41, 5.74) is 0.0224. The fraction of sp³-hybridized carbons (Fsp3) is 0.478. The summed E-state index contributed by atoms with van der Waals surface area (Å²) in [6.45, 7) is 6.11. The largest absolute Gasteiger partial charge is 0.468 e. The minimum atomic E-state index is -0.888. The number of halogens is 2. The van der Waals surface area contributed by atoms with E-state index in [-0.39, 0.29) is 34.4 Å². The van der Waals surface area contributed by atoms with Crippen molar-refractivity contribution in [2.24, 2.45) is 0 Å². The Hall–Kier alpha value is -2.39. The number of amides is 2. The second-order valence-corrected chi connectivity index (χ2v) is 9.58. The first-order valence-electron chi connectivity index (χ1n) is 10.5. The zero-order chi connectivity index (χ0) is 24.9. The molecule has 1 aromatic rings. The molecule has 7 nitrogen and oxygen atoms in total. The fourth-order valence-electron chi connectivity index (χ4n) is 3.39. The Labute approximate surface area is 201 Å². The van der Waals surface area contributed by atoms with Gasteiger partial charge >= 0.3 is 11.9 Å². The van der Waals surface area contributed by atoms with Gasteiger partial charge in [-0.1, -0.05) is 11.6 Å². The van der Waals surface area contributed by atoms with Crippen molar-refractivity contribution in [1.29, 1.82) is 0 Å². The number of carbonyl (C=O) groups is 4. The van der Waals surface area contributed by atoms with Gasteiger partial charge in [-0.15, -0.1) is 11.8 Å². The van der Waals surface area contributed by atoms with E-state index in [1.165, 1.54) is 13.2 Å². The van der Waals surface area contributed by atoms with Crippen LogP contribution >= 0.6 is 23.4 Å². The molecule has 0 aliphatic heterocycles. The molecule has 0 spiro atoms. The Morgan fingerprint density at radius 1 is 1.09 bits per heavy atom. The first-order chi connectivity index (χ1) is 15.5. The van der Waals surface area contributed by atoms with E-state index in [2.05, 4.69) is 0 Å². The van der Waals surface area contributed by atoms with Crippen LogP contribution in [0.3, 0.4) is 0 Å². The SMILES string of the molecule is COC(=O)C(C)Sc1cc(N(C(C)=O)C(=O)C2=C(C(=O)OC(C)C)CCCC2)c(F)cc1Cl. The van der Waals surface area contributed by atoms with Gasteiger partial charge in [0.2, 0.25) is 5.91 Å². The molecule has 33 heavy (non-hydrogen) atoms. The van der Waals surface area contributed by atoms with Crippen molar-refractivity contribution in [3.05, 3.63) is 34.1 Å². The lowest BCUT2D eigenvalue weighted by atomic mass is 9.90. The molecule has 1 aromatic carbocycles. The van der Waals surface area contributed by atoms with Gasteiger partial charge in [0.25, 0.3) is 5.91 Å². The number of hydrogen-bond donors (Lipinski definition) is 0. The number of nitrogens with zero attached hydrogens (tertiary/aromatic N) is 1. The average molecular weight is 500 g/mol. The second kappa shape index (κ2) is 11.7. The highest BCUT2D eigenvalue weighted by atomic mass is 35.5. The predicted molar refractivity (Wildman–Crippen MR) is 124 cm³/mol. The van der Waals surface area contributed by atoms with Crippen LogP contribution in [0.1, 0.15) is 53.4 Å². The van der Waals surface area contributed by atoms with Gasteiger partial charge in [0.1, 0.15) is 11.1 Å². The lowest BCUT2D eigenvalue weighted by molar-refractivity contribution is -0.143. The van der Waals surface area contributed by atoms with E-state index in [4.69, 9.17) is 21.1 Å². The number of thioether (sulfide) groups is 1. The third kappa shape index (κ3) is 6.57. The number of anilines is 1. The summed E-state index contributed by atoms with van der Waals surface area (Å²) in [6.07, 6.45) is 1.56. The number of hydrogen-bond acceptors (Lipinski definition) is 7. The van der Waals surface area contributed by atoms with Crippen LogP contribution in [-0.4, -0.2) is 42.2 Å². The summed E-state index contributed by atoms with van der Waals surface area (Å²) in [5, 5.41) is -0.642. The van der Waals surface area contributed by atoms with E-state index in [1.54, 1.807) is 20.8 Å². The summed E-state index contributed by atoms with van der Waals surface area (Å²) in [6, 6.07) is 2.23. The van der Waals surface area contributed by atoms with Gasteiger partial charge in [0.15, 0.2) is 0 Å².